The number of hydrogen-bond acceptors (Lipinski definition) is 3. The standard InChI is InChI=1S/C20H25NO2S/c1-14-9-15(2)11-17(10-14)12-24-13-20(22)21-16(3)18-5-7-19(23-4)8-6-18/h5-11,16H,12-13H2,1-4H3,(H,21,22)/t16-/m0/s1. The van der Waals surface area contributed by atoms with E-state index >= 15 is 0 Å². The lowest BCUT2D eigenvalue weighted by Gasteiger charge is -2.14. The molecule has 128 valence electrons. The SMILES string of the molecule is COc1ccc([C@H](C)NC(=O)CSCc2cc(C)cc(C)c2)cc1. The maximum atomic E-state index is 12.1. The Hall–Kier alpha value is -1.94. The minimum Gasteiger partial charge on any atom is -0.497 e. The summed E-state index contributed by atoms with van der Waals surface area (Å²) in [5.74, 6) is 2.20. The summed E-state index contributed by atoms with van der Waals surface area (Å²) in [4.78, 5) is 12.1. The smallest absolute Gasteiger partial charge is 0.230 e. The molecule has 0 spiro atoms. The van der Waals surface area contributed by atoms with Crippen molar-refractivity contribution in [3.63, 3.8) is 0 Å². The Balaban J connectivity index is 1.79. The summed E-state index contributed by atoms with van der Waals surface area (Å²) in [6.07, 6.45) is 0. The Morgan fingerprint density at radius 2 is 1.75 bits per heavy atom. The van der Waals surface area contributed by atoms with Crippen molar-refractivity contribution >= 4 is 17.7 Å². The second-order valence-corrected chi connectivity index (χ2v) is 7.04. The quantitative estimate of drug-likeness (QED) is 0.808. The van der Waals surface area contributed by atoms with E-state index in [4.69, 9.17) is 4.74 Å². The molecule has 1 amide bonds. The van der Waals surface area contributed by atoms with E-state index in [0.29, 0.717) is 5.75 Å². The maximum absolute atomic E-state index is 12.1. The van der Waals surface area contributed by atoms with Crippen LogP contribution in [-0.2, 0) is 10.5 Å². The van der Waals surface area contributed by atoms with Crippen LogP contribution in [0.4, 0.5) is 0 Å². The van der Waals surface area contributed by atoms with Gasteiger partial charge in [0.1, 0.15) is 5.75 Å². The molecule has 0 aliphatic heterocycles. The minimum atomic E-state index is -0.00906. The van der Waals surface area contributed by atoms with Gasteiger partial charge in [-0.15, -0.1) is 11.8 Å². The molecule has 24 heavy (non-hydrogen) atoms. The van der Waals surface area contributed by atoms with Crippen LogP contribution in [0.3, 0.4) is 0 Å². The van der Waals surface area contributed by atoms with Gasteiger partial charge in [-0.3, -0.25) is 4.79 Å². The van der Waals surface area contributed by atoms with Gasteiger partial charge < -0.3 is 10.1 Å². The summed E-state index contributed by atoms with van der Waals surface area (Å²) in [6.45, 7) is 6.20. The summed E-state index contributed by atoms with van der Waals surface area (Å²) in [5.41, 5.74) is 4.88. The van der Waals surface area contributed by atoms with Crippen LogP contribution in [0.2, 0.25) is 0 Å². The number of thioether (sulfide) groups is 1. The molecule has 0 radical (unpaired) electrons. The zero-order chi connectivity index (χ0) is 17.5. The van der Waals surface area contributed by atoms with Crippen molar-refractivity contribution in [3.8, 4) is 5.75 Å². The first-order chi connectivity index (χ1) is 11.5. The van der Waals surface area contributed by atoms with E-state index in [0.717, 1.165) is 17.1 Å². The van der Waals surface area contributed by atoms with Gasteiger partial charge in [0.2, 0.25) is 5.91 Å². The molecule has 0 aliphatic rings. The molecule has 0 heterocycles. The molecule has 0 unspecified atom stereocenters. The first-order valence-corrected chi connectivity index (χ1v) is 9.21. The molecule has 2 aromatic rings. The number of hydrogen-bond donors (Lipinski definition) is 1. The maximum Gasteiger partial charge on any atom is 0.230 e. The van der Waals surface area contributed by atoms with Crippen LogP contribution in [0.15, 0.2) is 42.5 Å². The zero-order valence-electron chi connectivity index (χ0n) is 14.8. The fourth-order valence-electron chi connectivity index (χ4n) is 2.67. The number of carbonyl (C=O) groups excluding carboxylic acids is 1. The number of carbonyl (C=O) groups is 1. The highest BCUT2D eigenvalue weighted by Crippen LogP contribution is 2.18. The highest BCUT2D eigenvalue weighted by molar-refractivity contribution is 7.99. The molecule has 0 aromatic heterocycles. The van der Waals surface area contributed by atoms with E-state index in [1.54, 1.807) is 18.9 Å². The largest absolute Gasteiger partial charge is 0.497 e. The van der Waals surface area contributed by atoms with Crippen molar-refractivity contribution in [1.82, 2.24) is 5.32 Å². The first-order valence-electron chi connectivity index (χ1n) is 8.06. The van der Waals surface area contributed by atoms with Gasteiger partial charge in [-0.1, -0.05) is 41.5 Å². The predicted octanol–water partition coefficient (Wildman–Crippen LogP) is 4.42. The number of amides is 1. The van der Waals surface area contributed by atoms with E-state index in [-0.39, 0.29) is 11.9 Å². The van der Waals surface area contributed by atoms with E-state index in [1.165, 1.54) is 16.7 Å². The van der Waals surface area contributed by atoms with Gasteiger partial charge in [-0.2, -0.15) is 0 Å². The molecule has 4 heteroatoms. The number of benzene rings is 2. The highest BCUT2D eigenvalue weighted by atomic mass is 32.2. The van der Waals surface area contributed by atoms with E-state index in [1.807, 2.05) is 31.2 Å². The van der Waals surface area contributed by atoms with Crippen molar-refractivity contribution < 1.29 is 9.53 Å². The van der Waals surface area contributed by atoms with Gasteiger partial charge in [0.15, 0.2) is 0 Å². The number of nitrogens with one attached hydrogen (secondary N) is 1. The molecule has 0 bridgehead atoms. The molecule has 1 atom stereocenters. The molecule has 0 aliphatic carbocycles. The van der Waals surface area contributed by atoms with Crippen molar-refractivity contribution in [2.24, 2.45) is 0 Å². The van der Waals surface area contributed by atoms with Gasteiger partial charge in [0, 0.05) is 5.75 Å². The molecular weight excluding hydrogens is 318 g/mol. The normalized spacial score (nSPS) is 11.8. The van der Waals surface area contributed by atoms with E-state index in [2.05, 4.69) is 37.4 Å². The summed E-state index contributed by atoms with van der Waals surface area (Å²) >= 11 is 1.64. The van der Waals surface area contributed by atoms with Crippen LogP contribution in [0.1, 0.15) is 35.2 Å². The molecule has 2 rings (SSSR count). The van der Waals surface area contributed by atoms with Gasteiger partial charge >= 0.3 is 0 Å². The third-order valence-corrected chi connectivity index (χ3v) is 4.78. The van der Waals surface area contributed by atoms with Gasteiger partial charge in [0.25, 0.3) is 0 Å². The van der Waals surface area contributed by atoms with Crippen molar-refractivity contribution in [2.45, 2.75) is 32.6 Å². The average Bonchev–Trinajstić information content (AvgIpc) is 2.54. The van der Waals surface area contributed by atoms with Crippen molar-refractivity contribution in [2.75, 3.05) is 12.9 Å². The summed E-state index contributed by atoms with van der Waals surface area (Å²) in [6, 6.07) is 14.3. The van der Waals surface area contributed by atoms with Crippen LogP contribution in [0.25, 0.3) is 0 Å². The Bertz CT molecular complexity index is 662. The molecule has 3 nitrogen and oxygen atoms in total. The summed E-state index contributed by atoms with van der Waals surface area (Å²) in [7, 11) is 1.65. The van der Waals surface area contributed by atoms with Gasteiger partial charge in [-0.25, -0.2) is 0 Å². The summed E-state index contributed by atoms with van der Waals surface area (Å²) < 4.78 is 5.15. The Morgan fingerprint density at radius 1 is 1.12 bits per heavy atom. The number of ether oxygens (including phenoxy) is 1. The third kappa shape index (κ3) is 5.60. The van der Waals surface area contributed by atoms with Crippen LogP contribution >= 0.6 is 11.8 Å². The zero-order valence-corrected chi connectivity index (χ0v) is 15.6. The molecule has 0 saturated heterocycles. The number of methoxy groups -OCH3 is 1. The average molecular weight is 343 g/mol. The molecule has 0 saturated carbocycles. The van der Waals surface area contributed by atoms with Crippen LogP contribution in [-0.4, -0.2) is 18.8 Å². The van der Waals surface area contributed by atoms with Gasteiger partial charge in [-0.05, 0) is 44.0 Å². The minimum absolute atomic E-state index is 0.00906. The molecule has 2 aromatic carbocycles. The van der Waals surface area contributed by atoms with Crippen molar-refractivity contribution in [3.05, 3.63) is 64.7 Å². The molecular formula is C20H25NO2S. The van der Waals surface area contributed by atoms with Crippen LogP contribution < -0.4 is 10.1 Å². The molecule has 1 N–H and O–H groups in total. The van der Waals surface area contributed by atoms with E-state index in [9.17, 15) is 4.79 Å². The first kappa shape index (κ1) is 18.4. The fourth-order valence-corrected chi connectivity index (χ4v) is 3.45. The Kier molecular flexibility index (Phi) is 6.73. The number of aryl methyl sites for hydroxylation is 2. The second-order valence-electron chi connectivity index (χ2n) is 6.05. The predicted molar refractivity (Wildman–Crippen MR) is 102 cm³/mol. The van der Waals surface area contributed by atoms with Crippen LogP contribution in [0.5, 0.6) is 5.75 Å². The fraction of sp³-hybridized carbons (Fsp3) is 0.350. The van der Waals surface area contributed by atoms with Gasteiger partial charge in [0.05, 0.1) is 18.9 Å². The van der Waals surface area contributed by atoms with Crippen molar-refractivity contribution in [1.29, 1.82) is 0 Å². The highest BCUT2D eigenvalue weighted by Gasteiger charge is 2.10. The van der Waals surface area contributed by atoms with E-state index < -0.39 is 0 Å². The van der Waals surface area contributed by atoms with Crippen LogP contribution in [0, 0.1) is 13.8 Å². The summed E-state index contributed by atoms with van der Waals surface area (Å²) in [5, 5.41) is 3.04. The Morgan fingerprint density at radius 3 is 2.33 bits per heavy atom. The number of rotatable bonds is 7. The second kappa shape index (κ2) is 8.78. The lowest BCUT2D eigenvalue weighted by Crippen LogP contribution is -2.28. The lowest BCUT2D eigenvalue weighted by molar-refractivity contribution is -0.119. The third-order valence-electron chi connectivity index (χ3n) is 3.78. The Labute approximate surface area is 148 Å². The lowest BCUT2D eigenvalue weighted by atomic mass is 10.1. The monoisotopic (exact) mass is 343 g/mol. The molecule has 0 fully saturated rings. The topological polar surface area (TPSA) is 38.3 Å².